The minimum Gasteiger partial charge on any atom is -0.480 e. The topological polar surface area (TPSA) is 247 Å². The van der Waals surface area contributed by atoms with Gasteiger partial charge >= 0.3 is 18.1 Å². The van der Waals surface area contributed by atoms with E-state index in [0.29, 0.717) is 101 Å². The fourth-order valence-electron chi connectivity index (χ4n) is 9.27. The van der Waals surface area contributed by atoms with E-state index < -0.39 is 40.8 Å². The van der Waals surface area contributed by atoms with E-state index in [2.05, 4.69) is 25.5 Å². The van der Waals surface area contributed by atoms with Crippen LogP contribution in [0.25, 0.3) is 11.3 Å². The number of carbonyl (C=O) groups excluding carboxylic acids is 3. The van der Waals surface area contributed by atoms with Crippen molar-refractivity contribution < 1.29 is 61.9 Å². The van der Waals surface area contributed by atoms with E-state index in [0.717, 1.165) is 25.1 Å². The normalized spacial score (nSPS) is 17.4. The summed E-state index contributed by atoms with van der Waals surface area (Å²) in [7, 11) is 1.00. The zero-order valence-electron chi connectivity index (χ0n) is 44.3. The van der Waals surface area contributed by atoms with E-state index in [4.69, 9.17) is 19.6 Å². The predicted octanol–water partition coefficient (Wildman–Crippen LogP) is 3.06. The van der Waals surface area contributed by atoms with Crippen molar-refractivity contribution in [2.24, 2.45) is 0 Å². The highest BCUT2D eigenvalue weighted by molar-refractivity contribution is 5.96. The van der Waals surface area contributed by atoms with E-state index in [9.17, 15) is 47.4 Å². The Hall–Kier alpha value is -6.05. The van der Waals surface area contributed by atoms with Gasteiger partial charge in [-0.2, -0.15) is 13.2 Å². The van der Waals surface area contributed by atoms with Gasteiger partial charge in [0.15, 0.2) is 5.69 Å². The molecule has 21 nitrogen and oxygen atoms in total. The third-order valence-electron chi connectivity index (χ3n) is 12.8. The fourth-order valence-corrected chi connectivity index (χ4v) is 9.27. The molecule has 75 heavy (non-hydrogen) atoms. The molecule has 0 aromatic carbocycles. The van der Waals surface area contributed by atoms with Gasteiger partial charge in [0.1, 0.15) is 6.29 Å². The van der Waals surface area contributed by atoms with E-state index in [-0.39, 0.29) is 76.3 Å². The summed E-state index contributed by atoms with van der Waals surface area (Å²) in [4.78, 5) is 86.6. The molecule has 0 aliphatic carbocycles. The SMILES string of the molecule is CCOc1ccc(C(=O)N2CCN(c3ccc(-c4cccnc4OCC)nc3CNC(C)(C)CC(C)NC(=O)CN3CCN(CC=O)CCN(CC(=O)O)CCN(CC(=O)O)CC3)C(CC)C2)c(C(F)(F)F)n1.CO. The highest BCUT2D eigenvalue weighted by Gasteiger charge is 2.40. The lowest BCUT2D eigenvalue weighted by molar-refractivity contribution is -0.142. The lowest BCUT2D eigenvalue weighted by atomic mass is 9.95. The Bertz CT molecular complexity index is 2330. The quantitative estimate of drug-likeness (QED) is 0.0908. The molecule has 5 rings (SSSR count). The number of carboxylic acids is 2. The number of aldehydes is 1. The smallest absolute Gasteiger partial charge is 0.434 e. The molecule has 0 spiro atoms. The van der Waals surface area contributed by atoms with Crippen LogP contribution in [0.4, 0.5) is 18.9 Å². The number of anilines is 1. The zero-order chi connectivity index (χ0) is 55.3. The molecular weight excluding hydrogens is 984 g/mol. The molecule has 2 unspecified atom stereocenters. The van der Waals surface area contributed by atoms with Gasteiger partial charge in [0.05, 0.1) is 67.6 Å². The number of aliphatic hydroxyl groups excluding tert-OH is 1. The van der Waals surface area contributed by atoms with Crippen LogP contribution in [0.5, 0.6) is 11.8 Å². The minimum atomic E-state index is -4.88. The Morgan fingerprint density at radius 3 is 1.96 bits per heavy atom. The summed E-state index contributed by atoms with van der Waals surface area (Å²) in [6.45, 7) is 15.4. The van der Waals surface area contributed by atoms with Crippen LogP contribution in [0.1, 0.15) is 76.1 Å². The van der Waals surface area contributed by atoms with Gasteiger partial charge in [0.25, 0.3) is 5.91 Å². The molecule has 416 valence electrons. The van der Waals surface area contributed by atoms with Crippen molar-refractivity contribution in [2.45, 2.75) is 84.7 Å². The average molecular weight is 1060 g/mol. The Kier molecular flexibility index (Phi) is 24.5. The largest absolute Gasteiger partial charge is 0.480 e. The molecule has 0 radical (unpaired) electrons. The van der Waals surface area contributed by atoms with E-state index in [1.807, 2.05) is 62.6 Å². The number of aromatic nitrogens is 3. The molecule has 5 heterocycles. The number of rotatable bonds is 22. The first kappa shape index (κ1) is 61.5. The number of ether oxygens (including phenoxy) is 2. The van der Waals surface area contributed by atoms with Crippen LogP contribution in [0, 0.1) is 0 Å². The van der Waals surface area contributed by atoms with Crippen molar-refractivity contribution >= 4 is 35.7 Å². The molecule has 0 bridgehead atoms. The van der Waals surface area contributed by atoms with Gasteiger partial charge in [-0.1, -0.05) is 6.92 Å². The number of hydrogen-bond donors (Lipinski definition) is 5. The standard InChI is InChI=1S/C50H72F3N11O9.CH4O/c1-7-36-31-63(48(71)38-12-15-43(72-8-2)58-46(38)50(51,52)53)25-26-64(36)41-14-13-39(37-11-10-16-54-47(37)73-9-3)57-40(41)30-55-49(5,6)29-35(4)56-42(66)32-60-19-17-59(27-28-65)18-20-61(33-44(67)68)23-24-62(22-21-60)34-45(69)70;1-2/h10-16,28,35-36,55H,7-9,17-27,29-34H2,1-6H3,(H,56,66)(H,67,68)(H,69,70);2H,1H3. The highest BCUT2D eigenvalue weighted by atomic mass is 19.4. The second kappa shape index (κ2) is 29.9. The molecular formula is C51H76F3N11O10. The summed E-state index contributed by atoms with van der Waals surface area (Å²) in [5.41, 5.74) is 0.348. The summed E-state index contributed by atoms with van der Waals surface area (Å²) in [5.74, 6) is -2.81. The molecule has 2 amide bonds. The van der Waals surface area contributed by atoms with Gasteiger partial charge in [-0.25, -0.2) is 15.0 Å². The van der Waals surface area contributed by atoms with Crippen molar-refractivity contribution in [3.8, 4) is 23.0 Å². The first-order chi connectivity index (χ1) is 35.7. The molecule has 2 aliphatic rings. The molecule has 3 aromatic rings. The molecule has 2 aliphatic heterocycles. The number of piperazine rings is 1. The number of amides is 2. The first-order valence-electron chi connectivity index (χ1n) is 25.3. The average Bonchev–Trinajstić information content (AvgIpc) is 3.36. The second-order valence-electron chi connectivity index (χ2n) is 18.9. The van der Waals surface area contributed by atoms with Crippen LogP contribution >= 0.6 is 0 Å². The number of aliphatic hydroxyl groups is 1. The second-order valence-corrected chi connectivity index (χ2v) is 18.9. The van der Waals surface area contributed by atoms with Crippen LogP contribution in [0.2, 0.25) is 0 Å². The van der Waals surface area contributed by atoms with Crippen molar-refractivity contribution in [3.63, 3.8) is 0 Å². The molecule has 3 aromatic heterocycles. The number of carboxylic acid groups (broad SMARTS) is 2. The number of nitrogens with one attached hydrogen (secondary N) is 2. The summed E-state index contributed by atoms with van der Waals surface area (Å²) < 4.78 is 53.8. The van der Waals surface area contributed by atoms with E-state index in [1.54, 1.807) is 29.0 Å². The summed E-state index contributed by atoms with van der Waals surface area (Å²) in [6, 6.07) is 9.32. The molecule has 2 atom stereocenters. The van der Waals surface area contributed by atoms with Gasteiger partial charge in [-0.3, -0.25) is 38.8 Å². The van der Waals surface area contributed by atoms with Crippen LogP contribution in [0.15, 0.2) is 42.6 Å². The summed E-state index contributed by atoms with van der Waals surface area (Å²) in [5, 5.41) is 32.9. The van der Waals surface area contributed by atoms with E-state index >= 15 is 0 Å². The molecule has 2 saturated heterocycles. The number of pyridine rings is 3. The molecule has 5 N–H and O–H groups in total. The Labute approximate surface area is 437 Å². The van der Waals surface area contributed by atoms with Gasteiger partial charge in [0, 0.05) is 116 Å². The number of carbonyl (C=O) groups is 5. The van der Waals surface area contributed by atoms with Crippen molar-refractivity contribution in [2.75, 3.05) is 123 Å². The Morgan fingerprint density at radius 1 is 0.800 bits per heavy atom. The monoisotopic (exact) mass is 1060 g/mol. The van der Waals surface area contributed by atoms with Crippen LogP contribution in [-0.2, 0) is 31.9 Å². The Balaban J connectivity index is 0.00000601. The van der Waals surface area contributed by atoms with Gasteiger partial charge in [0.2, 0.25) is 17.7 Å². The van der Waals surface area contributed by atoms with Crippen LogP contribution in [-0.4, -0.2) is 221 Å². The highest BCUT2D eigenvalue weighted by Crippen LogP contribution is 2.35. The van der Waals surface area contributed by atoms with Gasteiger partial charge < -0.3 is 50.0 Å². The van der Waals surface area contributed by atoms with Crippen molar-refractivity contribution in [3.05, 3.63) is 59.5 Å². The number of aliphatic carboxylic acids is 2. The minimum absolute atomic E-state index is 0.0232. The van der Waals surface area contributed by atoms with Crippen molar-refractivity contribution in [1.82, 2.24) is 50.1 Å². The van der Waals surface area contributed by atoms with Gasteiger partial charge in [-0.05, 0) is 77.8 Å². The first-order valence-corrected chi connectivity index (χ1v) is 25.3. The molecule has 24 heteroatoms. The lowest BCUT2D eigenvalue weighted by Gasteiger charge is -2.43. The summed E-state index contributed by atoms with van der Waals surface area (Å²) >= 11 is 0. The van der Waals surface area contributed by atoms with Crippen molar-refractivity contribution in [1.29, 1.82) is 0 Å². The predicted molar refractivity (Wildman–Crippen MR) is 275 cm³/mol. The molecule has 0 saturated carbocycles. The number of nitrogens with zero attached hydrogens (tertiary/aromatic N) is 9. The maximum atomic E-state index is 14.2. The number of hydrogen-bond acceptors (Lipinski definition) is 17. The molecule has 2 fully saturated rings. The summed E-state index contributed by atoms with van der Waals surface area (Å²) in [6.07, 6.45) is -1.39. The van der Waals surface area contributed by atoms with Gasteiger partial charge in [-0.15, -0.1) is 0 Å². The number of halogens is 3. The third kappa shape index (κ3) is 19.2. The van der Waals surface area contributed by atoms with E-state index in [1.165, 1.54) is 11.0 Å². The van der Waals surface area contributed by atoms with Crippen LogP contribution in [0.3, 0.4) is 0 Å². The van der Waals surface area contributed by atoms with Crippen LogP contribution < -0.4 is 25.0 Å². The third-order valence-corrected chi connectivity index (χ3v) is 12.8. The maximum Gasteiger partial charge on any atom is 0.434 e. The zero-order valence-corrected chi connectivity index (χ0v) is 44.3. The number of alkyl halides is 3. The Morgan fingerprint density at radius 2 is 1.40 bits per heavy atom. The lowest BCUT2D eigenvalue weighted by Crippen LogP contribution is -2.55. The fraction of sp³-hybridized carbons (Fsp3) is 0.608. The maximum absolute atomic E-state index is 14.2.